The first-order valence-electron chi connectivity index (χ1n) is 7.42. The number of methoxy groups -OCH3 is 1. The second kappa shape index (κ2) is 7.40. The molecule has 0 radical (unpaired) electrons. The van der Waals surface area contributed by atoms with Crippen LogP contribution in [-0.2, 0) is 10.0 Å². The van der Waals surface area contributed by atoms with Crippen LogP contribution in [0, 0.1) is 13.8 Å². The van der Waals surface area contributed by atoms with Crippen molar-refractivity contribution in [3.05, 3.63) is 64.1 Å². The fourth-order valence-electron chi connectivity index (χ4n) is 2.28. The molecule has 2 N–H and O–H groups in total. The first-order chi connectivity index (χ1) is 11.7. The van der Waals surface area contributed by atoms with Gasteiger partial charge in [0.2, 0.25) is 0 Å². The van der Waals surface area contributed by atoms with Crippen LogP contribution >= 0.6 is 0 Å². The molecule has 0 spiro atoms. The van der Waals surface area contributed by atoms with E-state index in [1.54, 1.807) is 19.2 Å². The summed E-state index contributed by atoms with van der Waals surface area (Å²) in [6, 6.07) is 9.39. The molecule has 0 heterocycles. The Kier molecular flexibility index (Phi) is 5.48. The molecule has 0 aliphatic heterocycles. The van der Waals surface area contributed by atoms with Gasteiger partial charge in [-0.2, -0.15) is 0 Å². The predicted octanol–water partition coefficient (Wildman–Crippen LogP) is 3.42. The van der Waals surface area contributed by atoms with Gasteiger partial charge in [0.1, 0.15) is 5.75 Å². The maximum atomic E-state index is 12.2. The van der Waals surface area contributed by atoms with Gasteiger partial charge >= 0.3 is 5.97 Å². The van der Waals surface area contributed by atoms with Gasteiger partial charge in [0, 0.05) is 0 Å². The molecule has 0 saturated heterocycles. The first kappa shape index (κ1) is 18.5. The molecule has 2 rings (SSSR count). The number of sulfonamides is 1. The van der Waals surface area contributed by atoms with Crippen molar-refractivity contribution in [3.63, 3.8) is 0 Å². The molecule has 2 aromatic rings. The number of carbonyl (C=O) groups is 1. The molecule has 0 atom stereocenters. The monoisotopic (exact) mass is 361 g/mol. The number of aromatic carboxylic acids is 1. The Morgan fingerprint density at radius 2 is 1.88 bits per heavy atom. The number of hydrogen-bond donors (Lipinski definition) is 2. The molecule has 0 fully saturated rings. The minimum Gasteiger partial charge on any atom is -0.496 e. The van der Waals surface area contributed by atoms with Crippen LogP contribution in [0.4, 0.5) is 5.69 Å². The number of anilines is 1. The molecular weight excluding hydrogens is 342 g/mol. The third kappa shape index (κ3) is 4.60. The molecule has 0 aliphatic rings. The summed E-state index contributed by atoms with van der Waals surface area (Å²) in [6.45, 7) is 3.83. The molecule has 0 bridgehead atoms. The average Bonchev–Trinajstić information content (AvgIpc) is 2.55. The van der Waals surface area contributed by atoms with E-state index in [4.69, 9.17) is 9.84 Å². The minimum atomic E-state index is -3.87. The van der Waals surface area contributed by atoms with Gasteiger partial charge in [0.25, 0.3) is 10.0 Å². The normalized spacial score (nSPS) is 11.5. The number of nitrogens with one attached hydrogen (secondary N) is 1. The van der Waals surface area contributed by atoms with Crippen molar-refractivity contribution in [2.24, 2.45) is 0 Å². The van der Waals surface area contributed by atoms with E-state index >= 15 is 0 Å². The summed E-state index contributed by atoms with van der Waals surface area (Å²) < 4.78 is 32.0. The van der Waals surface area contributed by atoms with Gasteiger partial charge in [0.15, 0.2) is 0 Å². The number of hydrogen-bond acceptors (Lipinski definition) is 4. The highest BCUT2D eigenvalue weighted by Gasteiger charge is 2.13. The fourth-order valence-corrected chi connectivity index (χ4v) is 3.17. The summed E-state index contributed by atoms with van der Waals surface area (Å²) in [4.78, 5) is 11.2. The van der Waals surface area contributed by atoms with E-state index in [-0.39, 0.29) is 11.3 Å². The number of carboxylic acid groups (broad SMARTS) is 1. The van der Waals surface area contributed by atoms with E-state index in [2.05, 4.69) is 4.72 Å². The van der Waals surface area contributed by atoms with Crippen molar-refractivity contribution >= 4 is 27.8 Å². The predicted molar refractivity (Wildman–Crippen MR) is 97.4 cm³/mol. The molecule has 0 unspecified atom stereocenters. The smallest absolute Gasteiger partial charge is 0.337 e. The van der Waals surface area contributed by atoms with Crippen LogP contribution in [-0.4, -0.2) is 26.6 Å². The molecule has 0 saturated carbocycles. The number of aryl methyl sites for hydroxylation is 1. The largest absolute Gasteiger partial charge is 0.496 e. The lowest BCUT2D eigenvalue weighted by Gasteiger charge is -2.09. The topological polar surface area (TPSA) is 92.7 Å². The summed E-state index contributed by atoms with van der Waals surface area (Å²) in [7, 11) is -2.31. The Hall–Kier alpha value is -2.80. The van der Waals surface area contributed by atoms with Crippen LogP contribution in [0.25, 0.3) is 6.08 Å². The molecule has 7 heteroatoms. The van der Waals surface area contributed by atoms with E-state index in [1.165, 1.54) is 24.3 Å². The second-order valence-corrected chi connectivity index (χ2v) is 7.03. The molecule has 0 aromatic heterocycles. The van der Waals surface area contributed by atoms with Gasteiger partial charge < -0.3 is 9.84 Å². The van der Waals surface area contributed by atoms with Crippen LogP contribution in [0.5, 0.6) is 5.75 Å². The maximum absolute atomic E-state index is 12.2. The summed E-state index contributed by atoms with van der Waals surface area (Å²) in [6.07, 6.45) is 1.43. The van der Waals surface area contributed by atoms with E-state index in [0.29, 0.717) is 11.3 Å². The summed E-state index contributed by atoms with van der Waals surface area (Å²) >= 11 is 0. The van der Waals surface area contributed by atoms with E-state index in [0.717, 1.165) is 16.5 Å². The molecule has 2 aromatic carbocycles. The highest BCUT2D eigenvalue weighted by atomic mass is 32.2. The lowest BCUT2D eigenvalue weighted by atomic mass is 10.1. The van der Waals surface area contributed by atoms with Crippen molar-refractivity contribution in [1.82, 2.24) is 0 Å². The Morgan fingerprint density at radius 1 is 1.20 bits per heavy atom. The molecule has 6 nitrogen and oxygen atoms in total. The number of carboxylic acids is 1. The lowest BCUT2D eigenvalue weighted by molar-refractivity contribution is 0.0698. The van der Waals surface area contributed by atoms with Crippen LogP contribution in [0.2, 0.25) is 0 Å². The Labute approximate surface area is 146 Å². The van der Waals surface area contributed by atoms with Gasteiger partial charge in [-0.15, -0.1) is 0 Å². The van der Waals surface area contributed by atoms with Gasteiger partial charge in [-0.05, 0) is 54.8 Å². The van der Waals surface area contributed by atoms with Crippen molar-refractivity contribution in [1.29, 1.82) is 0 Å². The Bertz CT molecular complexity index is 932. The summed E-state index contributed by atoms with van der Waals surface area (Å²) in [5, 5.41) is 10.1. The Balaban J connectivity index is 2.29. The van der Waals surface area contributed by atoms with Gasteiger partial charge in [-0.1, -0.05) is 18.2 Å². The van der Waals surface area contributed by atoms with Crippen molar-refractivity contribution < 1.29 is 23.1 Å². The quantitative estimate of drug-likeness (QED) is 0.822. The van der Waals surface area contributed by atoms with E-state index in [1.807, 2.05) is 19.9 Å². The highest BCUT2D eigenvalue weighted by molar-refractivity contribution is 7.95. The molecular formula is C18H19NO5S. The lowest BCUT2D eigenvalue weighted by Crippen LogP contribution is -2.12. The first-order valence-corrected chi connectivity index (χ1v) is 8.96. The number of rotatable bonds is 6. The maximum Gasteiger partial charge on any atom is 0.337 e. The zero-order valence-electron chi connectivity index (χ0n) is 14.1. The fraction of sp³-hybridized carbons (Fsp3) is 0.167. The van der Waals surface area contributed by atoms with Gasteiger partial charge in [0.05, 0.1) is 23.8 Å². The third-order valence-electron chi connectivity index (χ3n) is 3.71. The molecule has 132 valence electrons. The van der Waals surface area contributed by atoms with Crippen molar-refractivity contribution in [3.8, 4) is 5.75 Å². The summed E-state index contributed by atoms with van der Waals surface area (Å²) in [5.41, 5.74) is 2.51. The SMILES string of the molecule is COc1cc(/C=C/S(=O)(=O)Nc2ccccc2C(=O)O)cc(C)c1C. The van der Waals surface area contributed by atoms with Crippen LogP contribution in [0.1, 0.15) is 27.0 Å². The van der Waals surface area contributed by atoms with Crippen LogP contribution in [0.3, 0.4) is 0 Å². The summed E-state index contributed by atoms with van der Waals surface area (Å²) in [5.74, 6) is -0.539. The van der Waals surface area contributed by atoms with E-state index < -0.39 is 16.0 Å². The van der Waals surface area contributed by atoms with E-state index in [9.17, 15) is 13.2 Å². The second-order valence-electron chi connectivity index (χ2n) is 5.47. The number of para-hydroxylation sites is 1. The molecule has 25 heavy (non-hydrogen) atoms. The highest BCUT2D eigenvalue weighted by Crippen LogP contribution is 2.24. The van der Waals surface area contributed by atoms with Gasteiger partial charge in [-0.25, -0.2) is 13.2 Å². The molecule has 0 aliphatic carbocycles. The van der Waals surface area contributed by atoms with Crippen LogP contribution in [0.15, 0.2) is 41.8 Å². The van der Waals surface area contributed by atoms with Crippen LogP contribution < -0.4 is 9.46 Å². The average molecular weight is 361 g/mol. The number of ether oxygens (including phenoxy) is 1. The van der Waals surface area contributed by atoms with Gasteiger partial charge in [-0.3, -0.25) is 4.72 Å². The zero-order chi connectivity index (χ0) is 18.6. The zero-order valence-corrected chi connectivity index (χ0v) is 14.9. The number of benzene rings is 2. The third-order valence-corrected chi connectivity index (χ3v) is 4.71. The standard InChI is InChI=1S/C18H19NO5S/c1-12-10-14(11-17(24-3)13(12)2)8-9-25(22,23)19-16-7-5-4-6-15(16)18(20)21/h4-11,19H,1-3H3,(H,20,21)/b9-8+. The van der Waals surface area contributed by atoms with Crippen molar-refractivity contribution in [2.75, 3.05) is 11.8 Å². The molecule has 0 amide bonds. The van der Waals surface area contributed by atoms with Crippen molar-refractivity contribution in [2.45, 2.75) is 13.8 Å². The minimum absolute atomic E-state index is 0.0114. The Morgan fingerprint density at radius 3 is 2.52 bits per heavy atom.